The van der Waals surface area contributed by atoms with Gasteiger partial charge in [-0.05, 0) is 37.0 Å². The molecule has 9 heteroatoms. The standard InChI is InChI=1S/C15H19F3N2O2.2ClH/c16-15(17,18)22-11-3-4-13(21)12(9-11)14(10-1-2-10)20-7-5-19-6-8-20;;/h3-4,9-10,14,19,21H,1-2,5-8H2;2*1H/t14-;;/m0../s1. The molecular weight excluding hydrogens is 368 g/mol. The van der Waals surface area contributed by atoms with E-state index in [2.05, 4.69) is 15.0 Å². The third-order valence-electron chi connectivity index (χ3n) is 4.16. The molecule has 0 radical (unpaired) electrons. The lowest BCUT2D eigenvalue weighted by Gasteiger charge is -2.35. The average Bonchev–Trinajstić information content (AvgIpc) is 3.27. The van der Waals surface area contributed by atoms with E-state index in [1.165, 1.54) is 12.1 Å². The van der Waals surface area contributed by atoms with Crippen LogP contribution in [0.1, 0.15) is 24.4 Å². The molecule has 4 nitrogen and oxygen atoms in total. The van der Waals surface area contributed by atoms with E-state index in [4.69, 9.17) is 0 Å². The molecule has 2 aliphatic rings. The number of halogens is 5. The van der Waals surface area contributed by atoms with E-state index in [1.807, 2.05) is 0 Å². The third kappa shape index (κ3) is 5.31. The number of aromatic hydroxyl groups is 1. The van der Waals surface area contributed by atoms with Gasteiger partial charge in [0, 0.05) is 37.8 Å². The van der Waals surface area contributed by atoms with Crippen molar-refractivity contribution < 1.29 is 23.0 Å². The van der Waals surface area contributed by atoms with Gasteiger partial charge in [0.15, 0.2) is 0 Å². The summed E-state index contributed by atoms with van der Waals surface area (Å²) in [6, 6.07) is 3.72. The van der Waals surface area contributed by atoms with Crippen molar-refractivity contribution >= 4 is 24.8 Å². The van der Waals surface area contributed by atoms with E-state index in [9.17, 15) is 18.3 Å². The van der Waals surface area contributed by atoms with Gasteiger partial charge >= 0.3 is 6.36 Å². The monoisotopic (exact) mass is 388 g/mol. The maximum atomic E-state index is 12.4. The number of alkyl halides is 3. The molecule has 0 bridgehead atoms. The summed E-state index contributed by atoms with van der Waals surface area (Å²) in [4.78, 5) is 2.24. The van der Waals surface area contributed by atoms with Crippen LogP contribution in [0.3, 0.4) is 0 Å². The van der Waals surface area contributed by atoms with Crippen molar-refractivity contribution in [1.82, 2.24) is 10.2 Å². The molecule has 3 rings (SSSR count). The molecule has 24 heavy (non-hydrogen) atoms. The van der Waals surface area contributed by atoms with E-state index in [0.717, 1.165) is 45.1 Å². The first-order valence-corrected chi connectivity index (χ1v) is 7.47. The first-order valence-electron chi connectivity index (χ1n) is 7.47. The zero-order valence-electron chi connectivity index (χ0n) is 12.9. The molecule has 1 aromatic rings. The van der Waals surface area contributed by atoms with Crippen molar-refractivity contribution in [2.24, 2.45) is 5.92 Å². The van der Waals surface area contributed by atoms with Crippen LogP contribution in [0.4, 0.5) is 13.2 Å². The highest BCUT2D eigenvalue weighted by Crippen LogP contribution is 2.47. The van der Waals surface area contributed by atoms with Gasteiger partial charge in [0.05, 0.1) is 0 Å². The van der Waals surface area contributed by atoms with Gasteiger partial charge in [-0.25, -0.2) is 0 Å². The summed E-state index contributed by atoms with van der Waals surface area (Å²) in [7, 11) is 0. The fourth-order valence-corrected chi connectivity index (χ4v) is 3.09. The molecule has 2 fully saturated rings. The van der Waals surface area contributed by atoms with E-state index < -0.39 is 6.36 Å². The minimum absolute atomic E-state index is 0. The van der Waals surface area contributed by atoms with Gasteiger partial charge in [-0.2, -0.15) is 0 Å². The first kappa shape index (κ1) is 21.2. The maximum absolute atomic E-state index is 12.4. The Morgan fingerprint density at radius 2 is 1.79 bits per heavy atom. The fraction of sp³-hybridized carbons (Fsp3) is 0.600. The number of nitrogens with one attached hydrogen (secondary N) is 1. The number of phenols is 1. The minimum atomic E-state index is -4.72. The lowest BCUT2D eigenvalue weighted by molar-refractivity contribution is -0.274. The Balaban J connectivity index is 0.00000144. The van der Waals surface area contributed by atoms with Gasteiger partial charge in [-0.15, -0.1) is 38.0 Å². The number of nitrogens with zero attached hydrogens (tertiary/aromatic N) is 1. The number of ether oxygens (including phenoxy) is 1. The lowest BCUT2D eigenvalue weighted by atomic mass is 9.98. The Morgan fingerprint density at radius 3 is 2.33 bits per heavy atom. The number of hydrogen-bond acceptors (Lipinski definition) is 4. The fourth-order valence-electron chi connectivity index (χ4n) is 3.09. The second-order valence-electron chi connectivity index (χ2n) is 5.84. The molecule has 0 unspecified atom stereocenters. The Labute approximate surface area is 151 Å². The number of phenolic OH excluding ortho intramolecular Hbond substituents is 1. The van der Waals surface area contributed by atoms with Crippen LogP contribution in [-0.4, -0.2) is 42.5 Å². The summed E-state index contributed by atoms with van der Waals surface area (Å²) in [6.45, 7) is 3.35. The highest BCUT2D eigenvalue weighted by Gasteiger charge is 2.39. The molecule has 1 heterocycles. The van der Waals surface area contributed by atoms with Crippen LogP contribution in [0.15, 0.2) is 18.2 Å². The van der Waals surface area contributed by atoms with Crippen molar-refractivity contribution in [3.8, 4) is 11.5 Å². The SMILES string of the molecule is Cl.Cl.Oc1ccc(OC(F)(F)F)cc1[C@H](C1CC1)N1CCNCC1. The second-order valence-corrected chi connectivity index (χ2v) is 5.84. The van der Waals surface area contributed by atoms with Crippen LogP contribution in [0, 0.1) is 5.92 Å². The summed E-state index contributed by atoms with van der Waals surface area (Å²) in [5.74, 6) is 0.149. The van der Waals surface area contributed by atoms with Crippen molar-refractivity contribution in [1.29, 1.82) is 0 Å². The van der Waals surface area contributed by atoms with Crippen LogP contribution >= 0.6 is 24.8 Å². The summed E-state index contributed by atoms with van der Waals surface area (Å²) in [6.07, 6.45) is -2.64. The topological polar surface area (TPSA) is 44.7 Å². The smallest absolute Gasteiger partial charge is 0.508 e. The normalized spacial score (nSPS) is 19.8. The van der Waals surface area contributed by atoms with Crippen LogP contribution in [0.2, 0.25) is 0 Å². The number of benzene rings is 1. The van der Waals surface area contributed by atoms with Crippen LogP contribution in [0.25, 0.3) is 0 Å². The predicted molar refractivity (Wildman–Crippen MR) is 89.2 cm³/mol. The van der Waals surface area contributed by atoms with Gasteiger partial charge in [-0.3, -0.25) is 4.90 Å². The molecule has 0 amide bonds. The largest absolute Gasteiger partial charge is 0.573 e. The van der Waals surface area contributed by atoms with E-state index in [-0.39, 0.29) is 42.4 Å². The highest BCUT2D eigenvalue weighted by atomic mass is 35.5. The van der Waals surface area contributed by atoms with Crippen molar-refractivity contribution in [2.45, 2.75) is 25.2 Å². The Kier molecular flexibility index (Phi) is 7.46. The molecule has 138 valence electrons. The van der Waals surface area contributed by atoms with E-state index in [1.54, 1.807) is 0 Å². The molecule has 0 aromatic heterocycles. The Hall–Kier alpha value is -0.890. The van der Waals surface area contributed by atoms with Gasteiger partial charge < -0.3 is 15.2 Å². The van der Waals surface area contributed by atoms with Crippen LogP contribution < -0.4 is 10.1 Å². The predicted octanol–water partition coefficient (Wildman–Crippen LogP) is 3.49. The zero-order valence-corrected chi connectivity index (χ0v) is 14.5. The molecule has 1 saturated carbocycles. The molecule has 1 aliphatic carbocycles. The Bertz CT molecular complexity index is 536. The summed E-state index contributed by atoms with van der Waals surface area (Å²) >= 11 is 0. The van der Waals surface area contributed by atoms with Crippen molar-refractivity contribution in [2.75, 3.05) is 26.2 Å². The minimum Gasteiger partial charge on any atom is -0.508 e. The number of rotatable bonds is 4. The number of hydrogen-bond donors (Lipinski definition) is 2. The van der Waals surface area contributed by atoms with Crippen molar-refractivity contribution in [3.05, 3.63) is 23.8 Å². The van der Waals surface area contributed by atoms with E-state index in [0.29, 0.717) is 11.5 Å². The molecule has 1 atom stereocenters. The first-order chi connectivity index (χ1) is 10.4. The Morgan fingerprint density at radius 1 is 1.17 bits per heavy atom. The summed E-state index contributed by atoms with van der Waals surface area (Å²) in [5.41, 5.74) is 0.533. The summed E-state index contributed by atoms with van der Waals surface area (Å²) in [5, 5.41) is 13.4. The lowest BCUT2D eigenvalue weighted by Crippen LogP contribution is -2.45. The zero-order chi connectivity index (χ0) is 15.7. The quantitative estimate of drug-likeness (QED) is 0.828. The van der Waals surface area contributed by atoms with Gasteiger partial charge in [0.25, 0.3) is 0 Å². The number of piperazine rings is 1. The van der Waals surface area contributed by atoms with Gasteiger partial charge in [0.1, 0.15) is 11.5 Å². The molecule has 0 spiro atoms. The molecule has 1 saturated heterocycles. The highest BCUT2D eigenvalue weighted by molar-refractivity contribution is 5.85. The van der Waals surface area contributed by atoms with E-state index >= 15 is 0 Å². The van der Waals surface area contributed by atoms with Gasteiger partial charge in [-0.1, -0.05) is 0 Å². The molecule has 1 aliphatic heterocycles. The van der Waals surface area contributed by atoms with Crippen molar-refractivity contribution in [3.63, 3.8) is 0 Å². The molecular formula is C15H21Cl2F3N2O2. The molecule has 2 N–H and O–H groups in total. The third-order valence-corrected chi connectivity index (χ3v) is 4.16. The van der Waals surface area contributed by atoms with Crippen LogP contribution in [-0.2, 0) is 0 Å². The van der Waals surface area contributed by atoms with Crippen LogP contribution in [0.5, 0.6) is 11.5 Å². The molecule has 1 aromatic carbocycles. The summed E-state index contributed by atoms with van der Waals surface area (Å²) < 4.78 is 41.2. The maximum Gasteiger partial charge on any atom is 0.573 e. The average molecular weight is 389 g/mol. The van der Waals surface area contributed by atoms with Gasteiger partial charge in [0.2, 0.25) is 0 Å². The second kappa shape index (κ2) is 8.47.